The third kappa shape index (κ3) is 8.46. The molecule has 246 valence electrons. The van der Waals surface area contributed by atoms with Crippen molar-refractivity contribution in [2.45, 2.75) is 65.1 Å². The van der Waals surface area contributed by atoms with Gasteiger partial charge in [-0.05, 0) is 102 Å². The van der Waals surface area contributed by atoms with Crippen LogP contribution in [0.1, 0.15) is 73.9 Å². The molecule has 1 aliphatic heterocycles. The standard InChI is InChI=1S/C42H44N2O4/c1-4-30-6-5-7-36(28-30)43-40(45)34-12-10-32(11-13-34)33-14-18-37(19-15-33)47-29-31-8-16-38(17-9-31)48-39-22-26-44(27-23-39)41(46)35-20-24-42(2,3)25-21-35/h1,5-19,28,35,39H,20-27,29H2,2-3H3,(H,43,45). The molecule has 1 saturated carbocycles. The molecule has 6 rings (SSSR count). The van der Waals surface area contributed by atoms with Crippen molar-refractivity contribution in [3.05, 3.63) is 114 Å². The molecule has 1 aliphatic carbocycles. The summed E-state index contributed by atoms with van der Waals surface area (Å²) < 4.78 is 12.3. The van der Waals surface area contributed by atoms with E-state index in [9.17, 15) is 9.59 Å². The Kier molecular flexibility index (Phi) is 10.2. The molecule has 0 unspecified atom stereocenters. The van der Waals surface area contributed by atoms with Gasteiger partial charge in [-0.25, -0.2) is 0 Å². The number of amides is 2. The Labute approximate surface area is 284 Å². The van der Waals surface area contributed by atoms with E-state index in [-0.39, 0.29) is 17.9 Å². The van der Waals surface area contributed by atoms with Crippen molar-refractivity contribution >= 4 is 17.5 Å². The second-order valence-corrected chi connectivity index (χ2v) is 13.8. The summed E-state index contributed by atoms with van der Waals surface area (Å²) in [6.07, 6.45) is 11.6. The Balaban J connectivity index is 0.934. The molecular weight excluding hydrogens is 596 g/mol. The number of hydrogen-bond donors (Lipinski definition) is 1. The topological polar surface area (TPSA) is 67.9 Å². The number of piperidine rings is 1. The highest BCUT2D eigenvalue weighted by Gasteiger charge is 2.34. The molecule has 2 aliphatic rings. The summed E-state index contributed by atoms with van der Waals surface area (Å²) in [5, 5.41) is 2.89. The maximum Gasteiger partial charge on any atom is 0.255 e. The number of anilines is 1. The number of rotatable bonds is 9. The van der Waals surface area contributed by atoms with Crippen LogP contribution in [0.3, 0.4) is 0 Å². The van der Waals surface area contributed by atoms with Crippen LogP contribution in [0.5, 0.6) is 11.5 Å². The third-order valence-corrected chi connectivity index (χ3v) is 9.70. The van der Waals surface area contributed by atoms with Gasteiger partial charge in [-0.1, -0.05) is 62.2 Å². The number of nitrogens with zero attached hydrogens (tertiary/aromatic N) is 1. The van der Waals surface area contributed by atoms with Gasteiger partial charge in [0.2, 0.25) is 5.91 Å². The molecule has 6 heteroatoms. The van der Waals surface area contributed by atoms with E-state index >= 15 is 0 Å². The van der Waals surface area contributed by atoms with Crippen molar-refractivity contribution in [1.82, 2.24) is 4.90 Å². The van der Waals surface area contributed by atoms with Gasteiger partial charge in [0, 0.05) is 48.7 Å². The molecule has 4 aromatic carbocycles. The number of carbonyl (C=O) groups is 2. The lowest BCUT2D eigenvalue weighted by molar-refractivity contribution is -0.139. The van der Waals surface area contributed by atoms with Crippen LogP contribution < -0.4 is 14.8 Å². The molecule has 6 nitrogen and oxygen atoms in total. The number of benzene rings is 4. The monoisotopic (exact) mass is 640 g/mol. The van der Waals surface area contributed by atoms with Gasteiger partial charge in [0.05, 0.1) is 0 Å². The zero-order valence-electron chi connectivity index (χ0n) is 27.9. The van der Waals surface area contributed by atoms with Crippen molar-refractivity contribution in [3.8, 4) is 35.0 Å². The van der Waals surface area contributed by atoms with Gasteiger partial charge in [0.15, 0.2) is 0 Å². The van der Waals surface area contributed by atoms with E-state index in [1.54, 1.807) is 6.07 Å². The average molecular weight is 641 g/mol. The Morgan fingerprint density at radius 1 is 0.833 bits per heavy atom. The van der Waals surface area contributed by atoms with Gasteiger partial charge in [-0.2, -0.15) is 0 Å². The Bertz CT molecular complexity index is 1740. The summed E-state index contributed by atoms with van der Waals surface area (Å²) in [6, 6.07) is 30.8. The smallest absolute Gasteiger partial charge is 0.255 e. The number of likely N-dealkylation sites (tertiary alicyclic amines) is 1. The molecule has 1 saturated heterocycles. The maximum atomic E-state index is 13.1. The first-order valence-electron chi connectivity index (χ1n) is 17.0. The molecular formula is C42H44N2O4. The molecule has 0 radical (unpaired) electrons. The van der Waals surface area contributed by atoms with E-state index in [1.165, 1.54) is 0 Å². The summed E-state index contributed by atoms with van der Waals surface area (Å²) >= 11 is 0. The van der Waals surface area contributed by atoms with E-state index in [1.807, 2.05) is 91.0 Å². The lowest BCUT2D eigenvalue weighted by Gasteiger charge is -2.38. The number of carbonyl (C=O) groups excluding carboxylic acids is 2. The molecule has 0 atom stereocenters. The van der Waals surface area contributed by atoms with Gasteiger partial charge in [0.1, 0.15) is 24.2 Å². The summed E-state index contributed by atoms with van der Waals surface area (Å²) in [5.74, 6) is 4.57. The second kappa shape index (κ2) is 14.8. The lowest BCUT2D eigenvalue weighted by Crippen LogP contribution is -2.45. The second-order valence-electron chi connectivity index (χ2n) is 13.8. The van der Waals surface area contributed by atoms with E-state index in [4.69, 9.17) is 15.9 Å². The molecule has 1 N–H and O–H groups in total. The predicted molar refractivity (Wildman–Crippen MR) is 191 cm³/mol. The first-order chi connectivity index (χ1) is 23.2. The van der Waals surface area contributed by atoms with Crippen LogP contribution in [0.2, 0.25) is 0 Å². The summed E-state index contributed by atoms with van der Waals surface area (Å²) in [5.41, 5.74) is 5.43. The Morgan fingerprint density at radius 3 is 2.10 bits per heavy atom. The fraction of sp³-hybridized carbons (Fsp3) is 0.333. The first kappa shape index (κ1) is 32.9. The van der Waals surface area contributed by atoms with E-state index in [0.29, 0.717) is 29.2 Å². The Hall–Kier alpha value is -5.02. The van der Waals surface area contributed by atoms with Gasteiger partial charge < -0.3 is 19.7 Å². The van der Waals surface area contributed by atoms with Gasteiger partial charge >= 0.3 is 0 Å². The number of hydrogen-bond acceptors (Lipinski definition) is 4. The molecule has 0 aromatic heterocycles. The minimum Gasteiger partial charge on any atom is -0.490 e. The summed E-state index contributed by atoms with van der Waals surface area (Å²) in [6.45, 7) is 6.63. The predicted octanol–water partition coefficient (Wildman–Crippen LogP) is 8.75. The highest BCUT2D eigenvalue weighted by atomic mass is 16.5. The van der Waals surface area contributed by atoms with E-state index < -0.39 is 0 Å². The van der Waals surface area contributed by atoms with Crippen LogP contribution in [-0.2, 0) is 11.4 Å². The van der Waals surface area contributed by atoms with Crippen molar-refractivity contribution in [1.29, 1.82) is 0 Å². The van der Waals surface area contributed by atoms with Crippen LogP contribution in [0.25, 0.3) is 11.1 Å². The quantitative estimate of drug-likeness (QED) is 0.186. The maximum absolute atomic E-state index is 13.1. The van der Waals surface area contributed by atoms with Crippen molar-refractivity contribution in [3.63, 3.8) is 0 Å². The zero-order valence-corrected chi connectivity index (χ0v) is 27.9. The molecule has 0 bridgehead atoms. The Morgan fingerprint density at radius 2 is 1.46 bits per heavy atom. The van der Waals surface area contributed by atoms with Crippen LogP contribution >= 0.6 is 0 Å². The largest absolute Gasteiger partial charge is 0.490 e. The minimum absolute atomic E-state index is 0.130. The van der Waals surface area contributed by atoms with Crippen molar-refractivity contribution < 1.29 is 19.1 Å². The fourth-order valence-electron chi connectivity index (χ4n) is 6.57. The fourth-order valence-corrected chi connectivity index (χ4v) is 6.57. The molecule has 2 fully saturated rings. The van der Waals surface area contributed by atoms with Crippen LogP contribution in [0, 0.1) is 23.7 Å². The minimum atomic E-state index is -0.188. The molecule has 48 heavy (non-hydrogen) atoms. The molecule has 4 aromatic rings. The first-order valence-corrected chi connectivity index (χ1v) is 17.0. The average Bonchev–Trinajstić information content (AvgIpc) is 3.12. The lowest BCUT2D eigenvalue weighted by atomic mass is 9.72. The van der Waals surface area contributed by atoms with Crippen molar-refractivity contribution in [2.75, 3.05) is 18.4 Å². The molecule has 1 heterocycles. The SMILES string of the molecule is C#Cc1cccc(NC(=O)c2ccc(-c3ccc(OCc4ccc(OC5CCN(C(=O)C6CCC(C)(C)CC6)CC5)cc4)cc3)cc2)c1. The van der Waals surface area contributed by atoms with Crippen molar-refractivity contribution in [2.24, 2.45) is 11.3 Å². The van der Waals surface area contributed by atoms with Crippen LogP contribution in [0.15, 0.2) is 97.1 Å². The van der Waals surface area contributed by atoms with Gasteiger partial charge in [0.25, 0.3) is 5.91 Å². The summed E-state index contributed by atoms with van der Waals surface area (Å²) in [7, 11) is 0. The normalized spacial score (nSPS) is 16.5. The van der Waals surface area contributed by atoms with E-state index in [2.05, 4.69) is 30.0 Å². The number of nitrogens with one attached hydrogen (secondary N) is 1. The summed E-state index contributed by atoms with van der Waals surface area (Å²) in [4.78, 5) is 27.8. The van der Waals surface area contributed by atoms with Gasteiger partial charge in [-0.3, -0.25) is 9.59 Å². The van der Waals surface area contributed by atoms with Crippen LogP contribution in [-0.4, -0.2) is 35.9 Å². The van der Waals surface area contributed by atoms with Gasteiger partial charge in [-0.15, -0.1) is 6.42 Å². The molecule has 0 spiro atoms. The van der Waals surface area contributed by atoms with Crippen LogP contribution in [0.4, 0.5) is 5.69 Å². The number of ether oxygens (including phenoxy) is 2. The zero-order chi connectivity index (χ0) is 33.5. The van der Waals surface area contributed by atoms with E-state index in [0.717, 1.165) is 85.4 Å². The highest BCUT2D eigenvalue weighted by Crippen LogP contribution is 2.39. The highest BCUT2D eigenvalue weighted by molar-refractivity contribution is 6.04. The number of terminal acetylenes is 1. The third-order valence-electron chi connectivity index (χ3n) is 9.70. The molecule has 2 amide bonds.